The SMILES string of the molecule is Cc1noc(C(C)Sc2nnnn2CCN(C)C)n1. The summed E-state index contributed by atoms with van der Waals surface area (Å²) < 4.78 is 6.93. The minimum Gasteiger partial charge on any atom is -0.338 e. The molecule has 1 atom stereocenters. The van der Waals surface area contributed by atoms with E-state index in [2.05, 4.69) is 30.6 Å². The van der Waals surface area contributed by atoms with Crippen LogP contribution in [-0.2, 0) is 6.54 Å². The lowest BCUT2D eigenvalue weighted by Crippen LogP contribution is -2.19. The molecule has 0 saturated carbocycles. The van der Waals surface area contributed by atoms with Crippen LogP contribution in [0.1, 0.15) is 23.9 Å². The Morgan fingerprint density at radius 3 is 2.84 bits per heavy atom. The van der Waals surface area contributed by atoms with E-state index in [1.807, 2.05) is 21.0 Å². The van der Waals surface area contributed by atoms with E-state index >= 15 is 0 Å². The first-order chi connectivity index (χ1) is 9.06. The standard InChI is InChI=1S/C10H17N7OS/c1-7(9-11-8(2)13-18-9)19-10-12-14-15-17(10)6-5-16(3)4/h7H,5-6H2,1-4H3. The zero-order valence-electron chi connectivity index (χ0n) is 11.4. The van der Waals surface area contributed by atoms with Crippen molar-refractivity contribution in [3.63, 3.8) is 0 Å². The van der Waals surface area contributed by atoms with Gasteiger partial charge in [0.15, 0.2) is 5.82 Å². The van der Waals surface area contributed by atoms with Gasteiger partial charge in [-0.3, -0.25) is 0 Å². The van der Waals surface area contributed by atoms with Gasteiger partial charge >= 0.3 is 0 Å². The summed E-state index contributed by atoms with van der Waals surface area (Å²) in [5.74, 6) is 1.22. The third-order valence-corrected chi connectivity index (χ3v) is 3.49. The Balaban J connectivity index is 2.01. The summed E-state index contributed by atoms with van der Waals surface area (Å²) >= 11 is 1.51. The fourth-order valence-corrected chi connectivity index (χ4v) is 2.25. The zero-order chi connectivity index (χ0) is 13.8. The van der Waals surface area contributed by atoms with Crippen LogP contribution in [-0.4, -0.2) is 55.9 Å². The van der Waals surface area contributed by atoms with Crippen molar-refractivity contribution in [3.8, 4) is 0 Å². The predicted molar refractivity (Wildman–Crippen MR) is 69.7 cm³/mol. The Kier molecular flexibility index (Phi) is 4.48. The molecule has 0 aliphatic heterocycles. The molecule has 2 rings (SSSR count). The maximum absolute atomic E-state index is 5.14. The fraction of sp³-hybridized carbons (Fsp3) is 0.700. The van der Waals surface area contributed by atoms with Crippen molar-refractivity contribution in [3.05, 3.63) is 11.7 Å². The summed E-state index contributed by atoms with van der Waals surface area (Å²) in [6.07, 6.45) is 0. The number of rotatable bonds is 6. The van der Waals surface area contributed by atoms with Crippen molar-refractivity contribution >= 4 is 11.8 Å². The molecule has 2 heterocycles. The third kappa shape index (κ3) is 3.74. The number of aryl methyl sites for hydroxylation is 1. The molecule has 0 radical (unpaired) electrons. The highest BCUT2D eigenvalue weighted by Gasteiger charge is 2.18. The van der Waals surface area contributed by atoms with E-state index in [0.717, 1.165) is 18.2 Å². The first-order valence-electron chi connectivity index (χ1n) is 5.94. The Hall–Kier alpha value is -1.48. The van der Waals surface area contributed by atoms with Gasteiger partial charge in [0.25, 0.3) is 0 Å². The summed E-state index contributed by atoms with van der Waals surface area (Å²) in [6.45, 7) is 5.42. The highest BCUT2D eigenvalue weighted by molar-refractivity contribution is 7.99. The van der Waals surface area contributed by atoms with Crippen molar-refractivity contribution in [1.82, 2.24) is 35.2 Å². The number of hydrogen-bond acceptors (Lipinski definition) is 8. The van der Waals surface area contributed by atoms with Crippen molar-refractivity contribution in [1.29, 1.82) is 0 Å². The Bertz CT molecular complexity index is 523. The molecule has 9 heteroatoms. The lowest BCUT2D eigenvalue weighted by molar-refractivity contribution is 0.360. The normalized spacial score (nSPS) is 13.1. The summed E-state index contributed by atoms with van der Waals surface area (Å²) in [4.78, 5) is 6.29. The summed E-state index contributed by atoms with van der Waals surface area (Å²) in [7, 11) is 4.03. The average molecular weight is 283 g/mol. The Labute approximate surface area is 115 Å². The van der Waals surface area contributed by atoms with Crippen LogP contribution in [0, 0.1) is 6.92 Å². The number of nitrogens with zero attached hydrogens (tertiary/aromatic N) is 7. The van der Waals surface area contributed by atoms with Crippen LogP contribution in [0.15, 0.2) is 9.68 Å². The van der Waals surface area contributed by atoms with Crippen LogP contribution in [0.25, 0.3) is 0 Å². The minimum absolute atomic E-state index is 0.0188. The second kappa shape index (κ2) is 6.11. The highest BCUT2D eigenvalue weighted by Crippen LogP contribution is 2.31. The molecular weight excluding hydrogens is 266 g/mol. The van der Waals surface area contributed by atoms with E-state index in [0.29, 0.717) is 11.7 Å². The maximum atomic E-state index is 5.14. The lowest BCUT2D eigenvalue weighted by atomic mass is 10.5. The predicted octanol–water partition coefficient (Wildman–Crippen LogP) is 0.779. The Morgan fingerprint density at radius 1 is 1.42 bits per heavy atom. The van der Waals surface area contributed by atoms with E-state index < -0.39 is 0 Å². The van der Waals surface area contributed by atoms with Gasteiger partial charge in [0, 0.05) is 6.54 Å². The number of hydrogen-bond donors (Lipinski definition) is 0. The summed E-state index contributed by atoms with van der Waals surface area (Å²) in [5.41, 5.74) is 0. The van der Waals surface area contributed by atoms with Crippen LogP contribution >= 0.6 is 11.8 Å². The van der Waals surface area contributed by atoms with Crippen LogP contribution < -0.4 is 0 Å². The van der Waals surface area contributed by atoms with Gasteiger partial charge in [0.05, 0.1) is 11.8 Å². The zero-order valence-corrected chi connectivity index (χ0v) is 12.3. The van der Waals surface area contributed by atoms with Gasteiger partial charge in [-0.25, -0.2) is 4.68 Å². The van der Waals surface area contributed by atoms with Gasteiger partial charge in [-0.15, -0.1) is 5.10 Å². The molecule has 8 nitrogen and oxygen atoms in total. The molecule has 2 aromatic heterocycles. The number of aromatic nitrogens is 6. The van der Waals surface area contributed by atoms with E-state index in [1.165, 1.54) is 11.8 Å². The molecular formula is C10H17N7OS. The summed E-state index contributed by atoms with van der Waals surface area (Å²) in [6, 6.07) is 0. The van der Waals surface area contributed by atoms with Gasteiger partial charge in [-0.2, -0.15) is 4.98 Å². The van der Waals surface area contributed by atoms with Gasteiger partial charge in [-0.1, -0.05) is 16.9 Å². The highest BCUT2D eigenvalue weighted by atomic mass is 32.2. The number of likely N-dealkylation sites (N-methyl/N-ethyl adjacent to an activating group) is 1. The molecule has 1 unspecified atom stereocenters. The van der Waals surface area contributed by atoms with Crippen molar-refractivity contribution in [2.24, 2.45) is 0 Å². The molecule has 0 N–H and O–H groups in total. The van der Waals surface area contributed by atoms with E-state index in [9.17, 15) is 0 Å². The van der Waals surface area contributed by atoms with E-state index in [-0.39, 0.29) is 5.25 Å². The molecule has 0 amide bonds. The van der Waals surface area contributed by atoms with Gasteiger partial charge < -0.3 is 9.42 Å². The molecule has 0 bridgehead atoms. The van der Waals surface area contributed by atoms with Crippen molar-refractivity contribution in [2.45, 2.75) is 30.8 Å². The number of tetrazole rings is 1. The largest absolute Gasteiger partial charge is 0.338 e. The van der Waals surface area contributed by atoms with Crippen molar-refractivity contribution < 1.29 is 4.52 Å². The van der Waals surface area contributed by atoms with Crippen molar-refractivity contribution in [2.75, 3.05) is 20.6 Å². The molecule has 19 heavy (non-hydrogen) atoms. The molecule has 0 fully saturated rings. The van der Waals surface area contributed by atoms with Crippen LogP contribution in [0.4, 0.5) is 0 Å². The average Bonchev–Trinajstić information content (AvgIpc) is 2.95. The maximum Gasteiger partial charge on any atom is 0.239 e. The third-order valence-electron chi connectivity index (χ3n) is 2.43. The first-order valence-corrected chi connectivity index (χ1v) is 6.82. The Morgan fingerprint density at radius 2 is 2.21 bits per heavy atom. The van der Waals surface area contributed by atoms with Crippen LogP contribution in [0.2, 0.25) is 0 Å². The van der Waals surface area contributed by atoms with E-state index in [4.69, 9.17) is 4.52 Å². The quantitative estimate of drug-likeness (QED) is 0.719. The topological polar surface area (TPSA) is 85.8 Å². The summed E-state index contributed by atoms with van der Waals surface area (Å²) in [5, 5.41) is 16.3. The second-order valence-corrected chi connectivity index (χ2v) is 5.74. The molecule has 0 spiro atoms. The lowest BCUT2D eigenvalue weighted by Gasteiger charge is -2.10. The van der Waals surface area contributed by atoms with Gasteiger partial charge in [0.1, 0.15) is 0 Å². The van der Waals surface area contributed by atoms with Crippen LogP contribution in [0.5, 0.6) is 0 Å². The fourth-order valence-electron chi connectivity index (χ4n) is 1.40. The second-order valence-electron chi connectivity index (χ2n) is 4.43. The molecule has 0 saturated heterocycles. The molecule has 0 aliphatic rings. The first kappa shape index (κ1) is 13.9. The molecule has 2 aromatic rings. The van der Waals surface area contributed by atoms with E-state index in [1.54, 1.807) is 11.6 Å². The molecule has 0 aromatic carbocycles. The van der Waals surface area contributed by atoms with Gasteiger partial charge in [-0.05, 0) is 38.4 Å². The minimum atomic E-state index is 0.0188. The smallest absolute Gasteiger partial charge is 0.239 e. The van der Waals surface area contributed by atoms with Crippen LogP contribution in [0.3, 0.4) is 0 Å². The molecule has 0 aliphatic carbocycles. The molecule has 104 valence electrons. The number of thioether (sulfide) groups is 1. The van der Waals surface area contributed by atoms with Gasteiger partial charge in [0.2, 0.25) is 11.0 Å². The monoisotopic (exact) mass is 283 g/mol.